The van der Waals surface area contributed by atoms with Crippen molar-refractivity contribution in [2.75, 3.05) is 12.8 Å². The third-order valence-corrected chi connectivity index (χ3v) is 3.75. The van der Waals surface area contributed by atoms with E-state index >= 15 is 0 Å². The van der Waals surface area contributed by atoms with Gasteiger partial charge in [0.05, 0.1) is 5.75 Å². The van der Waals surface area contributed by atoms with Crippen LogP contribution in [0, 0.1) is 5.41 Å². The van der Waals surface area contributed by atoms with Crippen molar-refractivity contribution in [3.05, 3.63) is 0 Å². The van der Waals surface area contributed by atoms with E-state index in [1.165, 1.54) is 19.9 Å². The van der Waals surface area contributed by atoms with Crippen LogP contribution in [0.15, 0.2) is 0 Å². The van der Waals surface area contributed by atoms with Crippen LogP contribution in [0.1, 0.15) is 26.2 Å². The SMILES string of the molecule is CNS(=O)(=O)CCC1(C)CC1. The fraction of sp³-hybridized carbons (Fsp3) is 1.00. The number of hydrogen-bond acceptors (Lipinski definition) is 2. The van der Waals surface area contributed by atoms with Crippen LogP contribution in [0.2, 0.25) is 0 Å². The molecule has 0 atom stereocenters. The minimum atomic E-state index is -2.96. The highest BCUT2D eigenvalue weighted by Gasteiger charge is 2.37. The maximum Gasteiger partial charge on any atom is 0.211 e. The molecule has 0 aromatic carbocycles. The van der Waals surface area contributed by atoms with Crippen LogP contribution in [-0.2, 0) is 10.0 Å². The number of sulfonamides is 1. The van der Waals surface area contributed by atoms with Gasteiger partial charge in [-0.05, 0) is 31.7 Å². The van der Waals surface area contributed by atoms with E-state index in [-0.39, 0.29) is 5.75 Å². The Morgan fingerprint density at radius 2 is 2.00 bits per heavy atom. The molecule has 0 spiro atoms. The van der Waals surface area contributed by atoms with Crippen molar-refractivity contribution in [1.29, 1.82) is 0 Å². The molecule has 1 N–H and O–H groups in total. The summed E-state index contributed by atoms with van der Waals surface area (Å²) >= 11 is 0. The second-order valence-corrected chi connectivity index (χ2v) is 5.63. The van der Waals surface area contributed by atoms with Crippen LogP contribution in [0.4, 0.5) is 0 Å². The Bertz CT molecular complexity index is 229. The minimum absolute atomic E-state index is 0.278. The molecule has 11 heavy (non-hydrogen) atoms. The summed E-state index contributed by atoms with van der Waals surface area (Å²) in [5, 5.41) is 0. The molecule has 3 nitrogen and oxygen atoms in total. The highest BCUT2D eigenvalue weighted by atomic mass is 32.2. The van der Waals surface area contributed by atoms with Crippen LogP contribution in [0.5, 0.6) is 0 Å². The van der Waals surface area contributed by atoms with Crippen LogP contribution in [-0.4, -0.2) is 21.2 Å². The molecule has 4 heteroatoms. The Balaban J connectivity index is 2.32. The first-order chi connectivity index (χ1) is 4.97. The summed E-state index contributed by atoms with van der Waals surface area (Å²) in [6.07, 6.45) is 3.18. The lowest BCUT2D eigenvalue weighted by Gasteiger charge is -2.06. The highest BCUT2D eigenvalue weighted by molar-refractivity contribution is 7.89. The van der Waals surface area contributed by atoms with E-state index in [1.807, 2.05) is 0 Å². The number of hydrogen-bond donors (Lipinski definition) is 1. The van der Waals surface area contributed by atoms with Gasteiger partial charge in [0.1, 0.15) is 0 Å². The first-order valence-corrected chi connectivity index (χ1v) is 5.54. The van der Waals surface area contributed by atoms with E-state index in [9.17, 15) is 8.42 Å². The number of rotatable bonds is 4. The molecular formula is C7H15NO2S. The van der Waals surface area contributed by atoms with Crippen LogP contribution < -0.4 is 4.72 Å². The molecule has 0 aromatic heterocycles. The van der Waals surface area contributed by atoms with E-state index in [4.69, 9.17) is 0 Å². The molecule has 0 heterocycles. The van der Waals surface area contributed by atoms with Crippen LogP contribution in [0.25, 0.3) is 0 Å². The van der Waals surface area contributed by atoms with E-state index in [1.54, 1.807) is 0 Å². The van der Waals surface area contributed by atoms with Gasteiger partial charge < -0.3 is 0 Å². The minimum Gasteiger partial charge on any atom is -0.218 e. The van der Waals surface area contributed by atoms with Crippen molar-refractivity contribution < 1.29 is 8.42 Å². The van der Waals surface area contributed by atoms with Gasteiger partial charge in [0.25, 0.3) is 0 Å². The quantitative estimate of drug-likeness (QED) is 0.688. The molecule has 0 aliphatic heterocycles. The Morgan fingerprint density at radius 1 is 1.45 bits per heavy atom. The maximum atomic E-state index is 11.0. The Hall–Kier alpha value is -0.0900. The Labute approximate surface area is 68.2 Å². The summed E-state index contributed by atoms with van der Waals surface area (Å²) in [5.41, 5.74) is 0.337. The van der Waals surface area contributed by atoms with E-state index in [2.05, 4.69) is 11.6 Å². The lowest BCUT2D eigenvalue weighted by molar-refractivity contribution is 0.532. The molecule has 66 valence electrons. The van der Waals surface area contributed by atoms with Gasteiger partial charge in [-0.15, -0.1) is 0 Å². The van der Waals surface area contributed by atoms with Gasteiger partial charge in [0.15, 0.2) is 0 Å². The van der Waals surface area contributed by atoms with E-state index in [0.29, 0.717) is 5.41 Å². The molecule has 1 rings (SSSR count). The monoisotopic (exact) mass is 177 g/mol. The summed E-state index contributed by atoms with van der Waals surface area (Å²) in [7, 11) is -1.50. The van der Waals surface area contributed by atoms with Gasteiger partial charge in [0, 0.05) is 0 Å². The topological polar surface area (TPSA) is 46.2 Å². The largest absolute Gasteiger partial charge is 0.218 e. The molecule has 0 bridgehead atoms. The van der Waals surface area contributed by atoms with Gasteiger partial charge in [-0.25, -0.2) is 13.1 Å². The summed E-state index contributed by atoms with van der Waals surface area (Å²) < 4.78 is 24.2. The lowest BCUT2D eigenvalue weighted by atomic mass is 10.1. The zero-order valence-corrected chi connectivity index (χ0v) is 7.87. The van der Waals surface area contributed by atoms with Gasteiger partial charge in [-0.1, -0.05) is 6.92 Å². The first kappa shape index (κ1) is 9.00. The summed E-state index contributed by atoms with van der Waals surface area (Å²) in [6, 6.07) is 0. The maximum absolute atomic E-state index is 11.0. The van der Waals surface area contributed by atoms with Gasteiger partial charge in [-0.2, -0.15) is 0 Å². The number of nitrogens with one attached hydrogen (secondary N) is 1. The molecule has 1 aliphatic carbocycles. The average Bonchev–Trinajstić information content (AvgIpc) is 2.66. The third kappa shape index (κ3) is 2.79. The standard InChI is InChI=1S/C7H15NO2S/c1-7(3-4-7)5-6-11(9,10)8-2/h8H,3-6H2,1-2H3. The van der Waals surface area contributed by atoms with Gasteiger partial charge >= 0.3 is 0 Å². The van der Waals surface area contributed by atoms with Crippen LogP contribution >= 0.6 is 0 Å². The molecule has 0 amide bonds. The predicted molar refractivity (Wildman–Crippen MR) is 44.8 cm³/mol. The predicted octanol–water partition coefficient (Wildman–Crippen LogP) is 0.726. The van der Waals surface area contributed by atoms with Crippen molar-refractivity contribution >= 4 is 10.0 Å². The van der Waals surface area contributed by atoms with E-state index < -0.39 is 10.0 Å². The third-order valence-electron chi connectivity index (χ3n) is 2.39. The molecule has 0 unspecified atom stereocenters. The summed E-state index contributed by atoms with van der Waals surface area (Å²) in [6.45, 7) is 2.14. The van der Waals surface area contributed by atoms with Gasteiger partial charge in [-0.3, -0.25) is 0 Å². The molecule has 0 radical (unpaired) electrons. The van der Waals surface area contributed by atoms with Crippen molar-refractivity contribution in [2.45, 2.75) is 26.2 Å². The molecule has 0 saturated heterocycles. The molecule has 0 aromatic rings. The normalized spacial score (nSPS) is 21.6. The van der Waals surface area contributed by atoms with Gasteiger partial charge in [0.2, 0.25) is 10.0 Å². The fourth-order valence-corrected chi connectivity index (χ4v) is 1.91. The van der Waals surface area contributed by atoms with Crippen molar-refractivity contribution in [3.63, 3.8) is 0 Å². The summed E-state index contributed by atoms with van der Waals surface area (Å²) in [5.74, 6) is 0.278. The zero-order valence-electron chi connectivity index (χ0n) is 7.05. The van der Waals surface area contributed by atoms with Crippen molar-refractivity contribution in [1.82, 2.24) is 4.72 Å². The van der Waals surface area contributed by atoms with Crippen LogP contribution in [0.3, 0.4) is 0 Å². The Kier molecular flexibility index (Phi) is 2.25. The van der Waals surface area contributed by atoms with E-state index in [0.717, 1.165) is 6.42 Å². The second-order valence-electron chi connectivity index (χ2n) is 3.58. The summed E-state index contributed by atoms with van der Waals surface area (Å²) in [4.78, 5) is 0. The van der Waals surface area contributed by atoms with Crippen molar-refractivity contribution in [2.24, 2.45) is 5.41 Å². The highest BCUT2D eigenvalue weighted by Crippen LogP contribution is 2.48. The Morgan fingerprint density at radius 3 is 2.36 bits per heavy atom. The molecular weight excluding hydrogens is 162 g/mol. The lowest BCUT2D eigenvalue weighted by Crippen LogP contribution is -2.23. The fourth-order valence-electron chi connectivity index (χ4n) is 0.946. The van der Waals surface area contributed by atoms with Crippen molar-refractivity contribution in [3.8, 4) is 0 Å². The average molecular weight is 177 g/mol. The zero-order chi connectivity index (χ0) is 8.54. The second kappa shape index (κ2) is 2.75. The first-order valence-electron chi connectivity index (χ1n) is 3.89. The molecule has 1 saturated carbocycles. The molecule has 1 fully saturated rings. The molecule has 1 aliphatic rings. The smallest absolute Gasteiger partial charge is 0.211 e.